The lowest BCUT2D eigenvalue weighted by Gasteiger charge is -2.15. The van der Waals surface area contributed by atoms with E-state index in [2.05, 4.69) is 27.8 Å². The summed E-state index contributed by atoms with van der Waals surface area (Å²) in [4.78, 5) is 9.47. The van der Waals surface area contributed by atoms with Crippen molar-refractivity contribution in [3.8, 4) is 11.5 Å². The molecule has 8 heteroatoms. The van der Waals surface area contributed by atoms with Crippen molar-refractivity contribution in [1.29, 1.82) is 0 Å². The van der Waals surface area contributed by atoms with Gasteiger partial charge in [-0.05, 0) is 43.3 Å². The van der Waals surface area contributed by atoms with Crippen LogP contribution in [0.15, 0.2) is 60.8 Å². The number of aromatic amines is 1. The van der Waals surface area contributed by atoms with Crippen molar-refractivity contribution in [1.82, 2.24) is 20.2 Å². The molecule has 160 valence electrons. The maximum absolute atomic E-state index is 5.50. The zero-order valence-electron chi connectivity index (χ0n) is 17.9. The van der Waals surface area contributed by atoms with Gasteiger partial charge in [0.15, 0.2) is 11.5 Å². The molecule has 0 aliphatic heterocycles. The van der Waals surface area contributed by atoms with Crippen LogP contribution in [0.5, 0.6) is 11.5 Å². The fraction of sp³-hybridized carbons (Fsp3) is 0.125. The highest BCUT2D eigenvalue weighted by atomic mass is 16.5. The number of nitrogens with one attached hydrogen (secondary N) is 3. The van der Waals surface area contributed by atoms with Crippen molar-refractivity contribution in [2.24, 2.45) is 0 Å². The first kappa shape index (κ1) is 19.6. The van der Waals surface area contributed by atoms with Crippen molar-refractivity contribution in [3.05, 3.63) is 66.4 Å². The van der Waals surface area contributed by atoms with Gasteiger partial charge in [-0.15, -0.1) is 0 Å². The van der Waals surface area contributed by atoms with Gasteiger partial charge in [-0.1, -0.05) is 17.7 Å². The summed E-state index contributed by atoms with van der Waals surface area (Å²) >= 11 is 0. The van der Waals surface area contributed by atoms with Gasteiger partial charge in [0, 0.05) is 28.2 Å². The van der Waals surface area contributed by atoms with Crippen LogP contribution in [0, 0.1) is 6.92 Å². The quantitative estimate of drug-likeness (QED) is 0.338. The Kier molecular flexibility index (Phi) is 4.95. The molecule has 5 rings (SSSR count). The normalized spacial score (nSPS) is 11.0. The van der Waals surface area contributed by atoms with E-state index in [4.69, 9.17) is 19.4 Å². The summed E-state index contributed by atoms with van der Waals surface area (Å²) in [6.45, 7) is 2.05. The lowest BCUT2D eigenvalue weighted by molar-refractivity contribution is 0.356. The lowest BCUT2D eigenvalue weighted by atomic mass is 10.2. The molecule has 32 heavy (non-hydrogen) atoms. The van der Waals surface area contributed by atoms with Crippen LogP contribution in [0.4, 0.5) is 23.1 Å². The van der Waals surface area contributed by atoms with E-state index in [0.717, 1.165) is 33.2 Å². The fourth-order valence-electron chi connectivity index (χ4n) is 3.53. The van der Waals surface area contributed by atoms with Crippen LogP contribution < -0.4 is 20.1 Å². The maximum atomic E-state index is 5.50. The Morgan fingerprint density at radius 3 is 2.34 bits per heavy atom. The van der Waals surface area contributed by atoms with Gasteiger partial charge in [0.1, 0.15) is 5.82 Å². The largest absolute Gasteiger partial charge is 0.493 e. The highest BCUT2D eigenvalue weighted by Gasteiger charge is 2.14. The Balaban J connectivity index is 1.62. The number of aromatic nitrogens is 4. The summed E-state index contributed by atoms with van der Waals surface area (Å²) in [6.07, 6.45) is 1.79. The zero-order valence-corrected chi connectivity index (χ0v) is 17.9. The topological polar surface area (TPSA) is 97.0 Å². The minimum absolute atomic E-state index is 0.473. The predicted molar refractivity (Wildman–Crippen MR) is 126 cm³/mol. The number of hydrogen-bond acceptors (Lipinski definition) is 7. The molecule has 0 aliphatic rings. The molecular formula is C24H22N6O2. The molecule has 0 spiro atoms. The summed E-state index contributed by atoms with van der Waals surface area (Å²) in [5.41, 5.74) is 4.66. The van der Waals surface area contributed by atoms with Gasteiger partial charge in [-0.2, -0.15) is 10.1 Å². The third-order valence-corrected chi connectivity index (χ3v) is 5.21. The third-order valence-electron chi connectivity index (χ3n) is 5.21. The van der Waals surface area contributed by atoms with Crippen LogP contribution in [0.25, 0.3) is 21.8 Å². The number of benzene rings is 3. The highest BCUT2D eigenvalue weighted by molar-refractivity contribution is 5.95. The lowest BCUT2D eigenvalue weighted by Crippen LogP contribution is -2.03. The first-order valence-corrected chi connectivity index (χ1v) is 10.1. The van der Waals surface area contributed by atoms with E-state index in [9.17, 15) is 0 Å². The molecule has 8 nitrogen and oxygen atoms in total. The fourth-order valence-corrected chi connectivity index (χ4v) is 3.53. The monoisotopic (exact) mass is 426 g/mol. The minimum atomic E-state index is 0.473. The third kappa shape index (κ3) is 3.74. The Labute approximate surface area is 184 Å². The molecule has 0 amide bonds. The first-order valence-electron chi connectivity index (χ1n) is 10.1. The van der Waals surface area contributed by atoms with Gasteiger partial charge >= 0.3 is 0 Å². The van der Waals surface area contributed by atoms with E-state index < -0.39 is 0 Å². The van der Waals surface area contributed by atoms with Crippen LogP contribution in [0.1, 0.15) is 5.56 Å². The average molecular weight is 426 g/mol. The van der Waals surface area contributed by atoms with Crippen molar-refractivity contribution >= 4 is 44.9 Å². The van der Waals surface area contributed by atoms with Crippen LogP contribution in [-0.2, 0) is 0 Å². The molecule has 0 bridgehead atoms. The number of methoxy groups -OCH3 is 2. The second-order valence-electron chi connectivity index (χ2n) is 7.41. The van der Waals surface area contributed by atoms with Gasteiger partial charge in [-0.3, -0.25) is 5.10 Å². The van der Waals surface area contributed by atoms with Gasteiger partial charge in [0.25, 0.3) is 0 Å². The summed E-state index contributed by atoms with van der Waals surface area (Å²) in [7, 11) is 3.22. The Morgan fingerprint density at radius 1 is 0.812 bits per heavy atom. The van der Waals surface area contributed by atoms with Gasteiger partial charge in [0.2, 0.25) is 5.95 Å². The molecule has 0 radical (unpaired) electrons. The summed E-state index contributed by atoms with van der Waals surface area (Å²) < 4.78 is 11.0. The SMILES string of the molecule is COc1cc2nc(Nc3ccc(C)cc3)nc(Nc3ccc4[nH]ncc4c3)c2cc1OC. The number of nitrogens with zero attached hydrogens (tertiary/aromatic N) is 3. The molecule has 0 saturated carbocycles. The predicted octanol–water partition coefficient (Wildman–Crippen LogP) is 5.32. The molecule has 5 aromatic rings. The Morgan fingerprint density at radius 2 is 1.56 bits per heavy atom. The van der Waals surface area contributed by atoms with E-state index in [1.165, 1.54) is 5.56 Å². The molecule has 0 saturated heterocycles. The zero-order chi connectivity index (χ0) is 22.1. The molecule has 0 atom stereocenters. The first-order chi connectivity index (χ1) is 15.6. The maximum Gasteiger partial charge on any atom is 0.229 e. The standard InChI is InChI=1S/C24H22N6O2/c1-14-4-6-16(7-5-14)27-24-28-20-12-22(32-3)21(31-2)11-18(20)23(29-24)26-17-8-9-19-15(10-17)13-25-30-19/h4-13H,1-3H3,(H,25,30)(H2,26,27,28,29). The van der Waals surface area contributed by atoms with Crippen LogP contribution >= 0.6 is 0 Å². The molecule has 2 aromatic heterocycles. The smallest absolute Gasteiger partial charge is 0.229 e. The second kappa shape index (κ2) is 8.07. The molecule has 0 aliphatic carbocycles. The Hall–Kier alpha value is -4.33. The average Bonchev–Trinajstić information content (AvgIpc) is 3.27. The van der Waals surface area contributed by atoms with Crippen molar-refractivity contribution < 1.29 is 9.47 Å². The van der Waals surface area contributed by atoms with E-state index in [1.807, 2.05) is 54.6 Å². The number of ether oxygens (including phenoxy) is 2. The highest BCUT2D eigenvalue weighted by Crippen LogP contribution is 2.36. The molecule has 2 heterocycles. The van der Waals surface area contributed by atoms with Gasteiger partial charge in [-0.25, -0.2) is 4.98 Å². The summed E-state index contributed by atoms with van der Waals surface area (Å²) in [5, 5.41) is 15.6. The molecule has 3 aromatic carbocycles. The van der Waals surface area contributed by atoms with Gasteiger partial charge < -0.3 is 20.1 Å². The van der Waals surface area contributed by atoms with Crippen LogP contribution in [0.2, 0.25) is 0 Å². The van der Waals surface area contributed by atoms with Crippen LogP contribution in [-0.4, -0.2) is 34.4 Å². The van der Waals surface area contributed by atoms with Crippen molar-refractivity contribution in [3.63, 3.8) is 0 Å². The van der Waals surface area contributed by atoms with E-state index in [1.54, 1.807) is 20.4 Å². The second-order valence-corrected chi connectivity index (χ2v) is 7.41. The molecule has 0 unspecified atom stereocenters. The van der Waals surface area contributed by atoms with E-state index in [-0.39, 0.29) is 0 Å². The number of aryl methyl sites for hydroxylation is 1. The van der Waals surface area contributed by atoms with E-state index in [0.29, 0.717) is 23.3 Å². The van der Waals surface area contributed by atoms with Gasteiger partial charge in [0.05, 0.1) is 31.4 Å². The summed E-state index contributed by atoms with van der Waals surface area (Å²) in [6, 6.07) is 17.8. The molecule has 0 fully saturated rings. The van der Waals surface area contributed by atoms with Crippen molar-refractivity contribution in [2.75, 3.05) is 24.9 Å². The number of hydrogen-bond donors (Lipinski definition) is 3. The Bertz CT molecular complexity index is 1410. The number of anilines is 4. The minimum Gasteiger partial charge on any atom is -0.493 e. The number of rotatable bonds is 6. The van der Waals surface area contributed by atoms with Crippen molar-refractivity contribution in [2.45, 2.75) is 6.92 Å². The number of fused-ring (bicyclic) bond motifs is 2. The molecule has 3 N–H and O–H groups in total. The molecular weight excluding hydrogens is 404 g/mol. The number of H-pyrrole nitrogens is 1. The summed E-state index contributed by atoms with van der Waals surface area (Å²) in [5.74, 6) is 2.33. The van der Waals surface area contributed by atoms with E-state index >= 15 is 0 Å². The van der Waals surface area contributed by atoms with Crippen LogP contribution in [0.3, 0.4) is 0 Å².